The van der Waals surface area contributed by atoms with Crippen molar-refractivity contribution in [2.45, 2.75) is 38.4 Å². The lowest BCUT2D eigenvalue weighted by Gasteiger charge is -2.19. The third-order valence-corrected chi connectivity index (χ3v) is 6.08. The number of carbonyl (C=O) groups excluding carboxylic acids is 2. The van der Waals surface area contributed by atoms with E-state index in [0.29, 0.717) is 29.8 Å². The molecule has 1 aliphatic rings. The quantitative estimate of drug-likeness (QED) is 0.290. The molecular formula is C25H23F4N5O2. The number of nitrogens with zero attached hydrogens (tertiary/aromatic N) is 2. The van der Waals surface area contributed by atoms with Gasteiger partial charge >= 0.3 is 6.18 Å². The molecule has 2 heterocycles. The number of Topliss-reactive ketones (excluding diaryl/α,β-unsaturated/α-hetero) is 1. The van der Waals surface area contributed by atoms with E-state index in [0.717, 1.165) is 18.2 Å². The number of pyridine rings is 2. The molecule has 11 heteroatoms. The zero-order chi connectivity index (χ0) is 26.1. The first kappa shape index (κ1) is 25.1. The van der Waals surface area contributed by atoms with Gasteiger partial charge in [0.25, 0.3) is 0 Å². The number of amides is 1. The van der Waals surface area contributed by atoms with Crippen LogP contribution in [0.25, 0.3) is 0 Å². The summed E-state index contributed by atoms with van der Waals surface area (Å²) < 4.78 is 53.8. The predicted octanol–water partition coefficient (Wildman–Crippen LogP) is 5.19. The minimum Gasteiger partial charge on any atom is -0.397 e. The van der Waals surface area contributed by atoms with E-state index >= 15 is 0 Å². The van der Waals surface area contributed by atoms with E-state index in [1.807, 2.05) is 0 Å². The Kier molecular flexibility index (Phi) is 6.66. The van der Waals surface area contributed by atoms with Gasteiger partial charge in [-0.3, -0.25) is 19.6 Å². The third-order valence-electron chi connectivity index (χ3n) is 6.08. The molecule has 4 N–H and O–H groups in total. The Balaban J connectivity index is 1.41. The van der Waals surface area contributed by atoms with Crippen LogP contribution in [0.5, 0.6) is 0 Å². The highest BCUT2D eigenvalue weighted by Gasteiger charge is 2.51. The van der Waals surface area contributed by atoms with Gasteiger partial charge in [-0.2, -0.15) is 13.2 Å². The SMILES string of the molecule is CC(NC(=O)C1(CC(=O)c2cncc(N)c2)CC1)c1ccc(Nc2c(F)cccc2C(F)(F)F)cn1. The number of rotatable bonds is 8. The average Bonchev–Trinajstić information content (AvgIpc) is 3.60. The van der Waals surface area contributed by atoms with Crippen LogP contribution in [-0.2, 0) is 11.0 Å². The number of ketones is 1. The summed E-state index contributed by atoms with van der Waals surface area (Å²) in [5.41, 5.74) is 4.33. The Labute approximate surface area is 204 Å². The van der Waals surface area contributed by atoms with Crippen molar-refractivity contribution in [2.75, 3.05) is 11.1 Å². The van der Waals surface area contributed by atoms with Crippen LogP contribution in [0.4, 0.5) is 34.6 Å². The molecule has 1 unspecified atom stereocenters. The molecule has 0 aliphatic heterocycles. The Hall–Kier alpha value is -4.02. The zero-order valence-corrected chi connectivity index (χ0v) is 19.2. The number of aromatic nitrogens is 2. The van der Waals surface area contributed by atoms with Gasteiger partial charge in [-0.05, 0) is 50.1 Å². The van der Waals surface area contributed by atoms with E-state index < -0.39 is 34.7 Å². The highest BCUT2D eigenvalue weighted by Crippen LogP contribution is 2.50. The van der Waals surface area contributed by atoms with E-state index in [4.69, 9.17) is 5.73 Å². The summed E-state index contributed by atoms with van der Waals surface area (Å²) in [6.45, 7) is 1.70. The van der Waals surface area contributed by atoms with Gasteiger partial charge in [0, 0.05) is 24.4 Å². The van der Waals surface area contributed by atoms with Crippen molar-refractivity contribution in [3.05, 3.63) is 77.6 Å². The topological polar surface area (TPSA) is 110 Å². The minimum absolute atomic E-state index is 0.0250. The molecule has 188 valence electrons. The van der Waals surface area contributed by atoms with Gasteiger partial charge in [-0.15, -0.1) is 0 Å². The van der Waals surface area contributed by atoms with Crippen LogP contribution >= 0.6 is 0 Å². The van der Waals surface area contributed by atoms with Crippen LogP contribution in [0.3, 0.4) is 0 Å². The van der Waals surface area contributed by atoms with Gasteiger partial charge < -0.3 is 16.4 Å². The third kappa shape index (κ3) is 5.45. The number of para-hydroxylation sites is 1. The summed E-state index contributed by atoms with van der Waals surface area (Å²) in [6, 6.07) is 6.65. The van der Waals surface area contributed by atoms with E-state index in [-0.39, 0.29) is 23.8 Å². The second-order valence-corrected chi connectivity index (χ2v) is 8.84. The second-order valence-electron chi connectivity index (χ2n) is 8.84. The largest absolute Gasteiger partial charge is 0.418 e. The number of halogens is 4. The number of nitrogen functional groups attached to an aromatic ring is 1. The summed E-state index contributed by atoms with van der Waals surface area (Å²) >= 11 is 0. The number of hydrogen-bond acceptors (Lipinski definition) is 6. The van der Waals surface area contributed by atoms with Gasteiger partial charge in [0.05, 0.1) is 46.0 Å². The van der Waals surface area contributed by atoms with E-state index in [2.05, 4.69) is 20.6 Å². The van der Waals surface area contributed by atoms with Crippen LogP contribution < -0.4 is 16.4 Å². The van der Waals surface area contributed by atoms with Gasteiger partial charge in [0.15, 0.2) is 5.78 Å². The Bertz CT molecular complexity index is 1290. The van der Waals surface area contributed by atoms with Crippen LogP contribution in [0.2, 0.25) is 0 Å². The summed E-state index contributed by atoms with van der Waals surface area (Å²) in [4.78, 5) is 33.7. The summed E-state index contributed by atoms with van der Waals surface area (Å²) in [5, 5.41) is 5.28. The first-order valence-corrected chi connectivity index (χ1v) is 11.1. The van der Waals surface area contributed by atoms with E-state index in [9.17, 15) is 27.2 Å². The van der Waals surface area contributed by atoms with Gasteiger partial charge in [-0.25, -0.2) is 4.39 Å². The van der Waals surface area contributed by atoms with E-state index in [1.165, 1.54) is 36.8 Å². The zero-order valence-electron chi connectivity index (χ0n) is 19.2. The molecule has 1 saturated carbocycles. The van der Waals surface area contributed by atoms with Crippen LogP contribution in [0, 0.1) is 11.2 Å². The maximum atomic E-state index is 14.1. The Morgan fingerprint density at radius 3 is 2.50 bits per heavy atom. The molecule has 4 rings (SSSR count). The number of benzene rings is 1. The van der Waals surface area contributed by atoms with Crippen LogP contribution in [0.15, 0.2) is 55.0 Å². The summed E-state index contributed by atoms with van der Waals surface area (Å²) in [7, 11) is 0. The standard InChI is InChI=1S/C25H23F4N5O2/c1-14(33-23(36)24(7-8-24)10-21(35)15-9-16(30)12-31-11-15)20-6-5-17(13-32-20)34-22-18(25(27,28)29)3-2-4-19(22)26/h2-6,9,11-14,34H,7-8,10,30H2,1H3,(H,33,36). The normalized spacial score (nSPS) is 15.1. The number of nitrogens with two attached hydrogens (primary N) is 1. The van der Waals surface area contributed by atoms with Crippen LogP contribution in [-0.4, -0.2) is 21.7 Å². The first-order chi connectivity index (χ1) is 17.0. The Morgan fingerprint density at radius 2 is 1.89 bits per heavy atom. The number of alkyl halides is 3. The molecule has 0 bridgehead atoms. The van der Waals surface area contributed by atoms with Crippen LogP contribution in [0.1, 0.15) is 53.8 Å². The van der Waals surface area contributed by atoms with Gasteiger partial charge in [-0.1, -0.05) is 6.07 Å². The van der Waals surface area contributed by atoms with Gasteiger partial charge in [0.2, 0.25) is 5.91 Å². The monoisotopic (exact) mass is 501 g/mol. The fourth-order valence-corrected chi connectivity index (χ4v) is 3.85. The number of nitrogens with one attached hydrogen (secondary N) is 2. The molecule has 1 amide bonds. The predicted molar refractivity (Wildman–Crippen MR) is 125 cm³/mol. The fourth-order valence-electron chi connectivity index (χ4n) is 3.85. The molecule has 0 spiro atoms. The van der Waals surface area contributed by atoms with Gasteiger partial charge in [0.1, 0.15) is 5.82 Å². The molecule has 0 radical (unpaired) electrons. The van der Waals surface area contributed by atoms with Crippen molar-refractivity contribution in [2.24, 2.45) is 5.41 Å². The van der Waals surface area contributed by atoms with Crippen molar-refractivity contribution in [3.63, 3.8) is 0 Å². The van der Waals surface area contributed by atoms with Crippen molar-refractivity contribution in [1.82, 2.24) is 15.3 Å². The lowest BCUT2D eigenvalue weighted by Crippen LogP contribution is -2.35. The highest BCUT2D eigenvalue weighted by atomic mass is 19.4. The Morgan fingerprint density at radius 1 is 1.14 bits per heavy atom. The molecule has 7 nitrogen and oxygen atoms in total. The average molecular weight is 501 g/mol. The van der Waals surface area contributed by atoms with Crippen molar-refractivity contribution >= 4 is 28.8 Å². The molecular weight excluding hydrogens is 478 g/mol. The molecule has 36 heavy (non-hydrogen) atoms. The van der Waals surface area contributed by atoms with Crippen molar-refractivity contribution in [1.29, 1.82) is 0 Å². The fraction of sp³-hybridized carbons (Fsp3) is 0.280. The maximum Gasteiger partial charge on any atom is 0.418 e. The molecule has 0 saturated heterocycles. The molecule has 2 aromatic heterocycles. The second kappa shape index (κ2) is 9.56. The van der Waals surface area contributed by atoms with Crippen molar-refractivity contribution < 1.29 is 27.2 Å². The first-order valence-electron chi connectivity index (χ1n) is 11.1. The van der Waals surface area contributed by atoms with E-state index in [1.54, 1.807) is 6.92 Å². The summed E-state index contributed by atoms with van der Waals surface area (Å²) in [6.07, 6.45) is 0.511. The smallest absolute Gasteiger partial charge is 0.397 e. The maximum absolute atomic E-state index is 14.1. The minimum atomic E-state index is -4.74. The summed E-state index contributed by atoms with van der Waals surface area (Å²) in [5.74, 6) is -1.56. The highest BCUT2D eigenvalue weighted by molar-refractivity contribution is 6.01. The number of anilines is 3. The number of hydrogen-bond donors (Lipinski definition) is 3. The molecule has 1 fully saturated rings. The molecule has 3 aromatic rings. The number of carbonyl (C=O) groups is 2. The lowest BCUT2D eigenvalue weighted by atomic mass is 9.94. The molecule has 1 atom stereocenters. The molecule has 1 aliphatic carbocycles. The lowest BCUT2D eigenvalue weighted by molar-refractivity contribution is -0.137. The van der Waals surface area contributed by atoms with Crippen molar-refractivity contribution in [3.8, 4) is 0 Å². The molecule has 1 aromatic carbocycles.